The Balaban J connectivity index is 1.53. The summed E-state index contributed by atoms with van der Waals surface area (Å²) in [5.74, 6) is -0.683. The van der Waals surface area contributed by atoms with Crippen molar-refractivity contribution in [2.24, 2.45) is 0 Å². The lowest BCUT2D eigenvalue weighted by atomic mass is 10.0. The van der Waals surface area contributed by atoms with Gasteiger partial charge in [0, 0.05) is 35.6 Å². The molecule has 2 aliphatic heterocycles. The predicted molar refractivity (Wildman–Crippen MR) is 112 cm³/mol. The van der Waals surface area contributed by atoms with Crippen molar-refractivity contribution in [1.29, 1.82) is 0 Å². The number of H-pyrrole nitrogens is 1. The van der Waals surface area contributed by atoms with Gasteiger partial charge in [-0.3, -0.25) is 9.59 Å². The lowest BCUT2D eigenvalue weighted by Crippen LogP contribution is -2.25. The number of carbonyl (C=O) groups excluding carboxylic acids is 2. The molecule has 3 heterocycles. The molecule has 0 radical (unpaired) electrons. The van der Waals surface area contributed by atoms with Crippen LogP contribution in [0, 0.1) is 19.7 Å². The number of nitrogens with one attached hydrogen (secondary N) is 3. The standard InChI is InChI=1S/C22H25FN4O2/c1-13-19(12-17-16-11-15(23)5-6-18(16)25-22(17)29)24-14(2)21(13)26-20(28)7-10-27-8-3-4-9-27/h5-6,11-12,24H,3-4,7-10H2,1-2H3,(H,25,29)(H,26,28)/b17-12-. The first-order valence-electron chi connectivity index (χ1n) is 9.96. The van der Waals surface area contributed by atoms with Gasteiger partial charge >= 0.3 is 0 Å². The molecule has 0 bridgehead atoms. The molecule has 3 N–H and O–H groups in total. The van der Waals surface area contributed by atoms with E-state index in [1.807, 2.05) is 13.8 Å². The number of aryl methyl sites for hydroxylation is 1. The maximum Gasteiger partial charge on any atom is 0.256 e. The van der Waals surface area contributed by atoms with Crippen LogP contribution in [0.4, 0.5) is 15.8 Å². The van der Waals surface area contributed by atoms with Gasteiger partial charge in [-0.1, -0.05) is 0 Å². The summed E-state index contributed by atoms with van der Waals surface area (Å²) < 4.78 is 13.7. The number of aromatic amines is 1. The van der Waals surface area contributed by atoms with Crippen LogP contribution in [0.5, 0.6) is 0 Å². The van der Waals surface area contributed by atoms with Gasteiger partial charge in [-0.15, -0.1) is 0 Å². The van der Waals surface area contributed by atoms with E-state index in [0.717, 1.165) is 42.3 Å². The first-order valence-corrected chi connectivity index (χ1v) is 9.96. The van der Waals surface area contributed by atoms with Crippen LogP contribution >= 0.6 is 0 Å². The van der Waals surface area contributed by atoms with Crippen LogP contribution in [0.1, 0.15) is 41.8 Å². The molecule has 2 amide bonds. The van der Waals surface area contributed by atoms with E-state index in [1.54, 1.807) is 12.1 Å². The molecule has 2 aromatic rings. The molecular formula is C22H25FN4O2. The van der Waals surface area contributed by atoms with Crippen molar-refractivity contribution < 1.29 is 14.0 Å². The summed E-state index contributed by atoms with van der Waals surface area (Å²) in [4.78, 5) is 30.3. The molecule has 152 valence electrons. The molecule has 0 aliphatic carbocycles. The topological polar surface area (TPSA) is 77.2 Å². The van der Waals surface area contributed by atoms with Gasteiger partial charge in [0.05, 0.1) is 11.3 Å². The van der Waals surface area contributed by atoms with Gasteiger partial charge in [0.25, 0.3) is 5.91 Å². The van der Waals surface area contributed by atoms with E-state index in [4.69, 9.17) is 0 Å². The van der Waals surface area contributed by atoms with E-state index >= 15 is 0 Å². The van der Waals surface area contributed by atoms with E-state index < -0.39 is 5.82 Å². The zero-order valence-electron chi connectivity index (χ0n) is 16.7. The number of carbonyl (C=O) groups is 2. The summed E-state index contributed by atoms with van der Waals surface area (Å²) in [6.45, 7) is 6.68. The number of rotatable bonds is 5. The van der Waals surface area contributed by atoms with Gasteiger partial charge in [0.15, 0.2) is 0 Å². The third-order valence-electron chi connectivity index (χ3n) is 5.65. The van der Waals surface area contributed by atoms with Gasteiger partial charge in [-0.05, 0) is 69.6 Å². The van der Waals surface area contributed by atoms with Crippen LogP contribution in [0.15, 0.2) is 18.2 Å². The van der Waals surface area contributed by atoms with E-state index in [-0.39, 0.29) is 11.8 Å². The Bertz CT molecular complexity index is 1000. The number of nitrogens with zero attached hydrogens (tertiary/aromatic N) is 1. The Labute approximate surface area is 169 Å². The minimum absolute atomic E-state index is 0.0210. The number of likely N-dealkylation sites (tertiary alicyclic amines) is 1. The quantitative estimate of drug-likeness (QED) is 0.675. The van der Waals surface area contributed by atoms with Gasteiger partial charge in [-0.25, -0.2) is 4.39 Å². The average molecular weight is 396 g/mol. The molecule has 4 rings (SSSR count). The SMILES string of the molecule is Cc1[nH]c(/C=C2\C(=O)Nc3ccc(F)cc32)c(C)c1NC(=O)CCN1CCCC1. The minimum atomic E-state index is -0.392. The summed E-state index contributed by atoms with van der Waals surface area (Å²) >= 11 is 0. The molecule has 1 aromatic heterocycles. The summed E-state index contributed by atoms with van der Waals surface area (Å²) in [6.07, 6.45) is 4.57. The van der Waals surface area contributed by atoms with E-state index in [9.17, 15) is 14.0 Å². The van der Waals surface area contributed by atoms with Crippen molar-refractivity contribution in [3.05, 3.63) is 46.5 Å². The fourth-order valence-corrected chi connectivity index (χ4v) is 4.02. The van der Waals surface area contributed by atoms with Crippen LogP contribution in [-0.2, 0) is 9.59 Å². The second kappa shape index (κ2) is 7.83. The summed E-state index contributed by atoms with van der Waals surface area (Å²) in [5, 5.41) is 5.75. The first-order chi connectivity index (χ1) is 13.9. The van der Waals surface area contributed by atoms with Crippen molar-refractivity contribution >= 4 is 34.8 Å². The number of amides is 2. The Morgan fingerprint density at radius 3 is 2.79 bits per heavy atom. The molecule has 6 nitrogen and oxygen atoms in total. The molecule has 1 fully saturated rings. The number of aromatic nitrogens is 1. The monoisotopic (exact) mass is 396 g/mol. The molecule has 0 spiro atoms. The normalized spacial score (nSPS) is 17.6. The Hall–Kier alpha value is -2.93. The molecule has 0 atom stereocenters. The van der Waals surface area contributed by atoms with Crippen LogP contribution in [-0.4, -0.2) is 41.3 Å². The molecule has 7 heteroatoms. The highest BCUT2D eigenvalue weighted by Gasteiger charge is 2.25. The molecule has 2 aliphatic rings. The Kier molecular flexibility index (Phi) is 5.24. The third-order valence-corrected chi connectivity index (χ3v) is 5.65. The maximum atomic E-state index is 13.7. The van der Waals surface area contributed by atoms with Gasteiger partial charge in [0.1, 0.15) is 5.82 Å². The highest BCUT2D eigenvalue weighted by atomic mass is 19.1. The second-order valence-corrected chi connectivity index (χ2v) is 7.71. The fraction of sp³-hybridized carbons (Fsp3) is 0.364. The lowest BCUT2D eigenvalue weighted by molar-refractivity contribution is -0.116. The molecule has 0 unspecified atom stereocenters. The Morgan fingerprint density at radius 1 is 1.28 bits per heavy atom. The third kappa shape index (κ3) is 3.96. The van der Waals surface area contributed by atoms with E-state index in [0.29, 0.717) is 23.2 Å². The number of hydrogen-bond donors (Lipinski definition) is 3. The van der Waals surface area contributed by atoms with Crippen molar-refractivity contribution in [3.8, 4) is 0 Å². The minimum Gasteiger partial charge on any atom is -0.357 e. The van der Waals surface area contributed by atoms with Crippen molar-refractivity contribution in [2.45, 2.75) is 33.1 Å². The average Bonchev–Trinajstić information content (AvgIpc) is 3.37. The largest absolute Gasteiger partial charge is 0.357 e. The van der Waals surface area contributed by atoms with Crippen LogP contribution in [0.3, 0.4) is 0 Å². The van der Waals surface area contributed by atoms with Gasteiger partial charge < -0.3 is 20.5 Å². The molecule has 1 aromatic carbocycles. The van der Waals surface area contributed by atoms with Crippen molar-refractivity contribution in [3.63, 3.8) is 0 Å². The first kappa shape index (κ1) is 19.4. The van der Waals surface area contributed by atoms with Gasteiger partial charge in [0.2, 0.25) is 5.91 Å². The van der Waals surface area contributed by atoms with Crippen molar-refractivity contribution in [2.75, 3.05) is 30.3 Å². The van der Waals surface area contributed by atoms with Crippen LogP contribution in [0.25, 0.3) is 11.6 Å². The van der Waals surface area contributed by atoms with E-state index in [2.05, 4.69) is 20.5 Å². The zero-order valence-corrected chi connectivity index (χ0v) is 16.7. The number of hydrogen-bond acceptors (Lipinski definition) is 3. The molecule has 1 saturated heterocycles. The smallest absolute Gasteiger partial charge is 0.256 e. The van der Waals surface area contributed by atoms with Crippen LogP contribution < -0.4 is 10.6 Å². The molecule has 29 heavy (non-hydrogen) atoms. The highest BCUT2D eigenvalue weighted by molar-refractivity contribution is 6.34. The number of benzene rings is 1. The second-order valence-electron chi connectivity index (χ2n) is 7.71. The van der Waals surface area contributed by atoms with Crippen molar-refractivity contribution in [1.82, 2.24) is 9.88 Å². The zero-order chi connectivity index (χ0) is 20.5. The fourth-order valence-electron chi connectivity index (χ4n) is 4.02. The predicted octanol–water partition coefficient (Wildman–Crippen LogP) is 3.69. The van der Waals surface area contributed by atoms with Gasteiger partial charge in [-0.2, -0.15) is 0 Å². The number of anilines is 2. The molecular weight excluding hydrogens is 371 g/mol. The lowest BCUT2D eigenvalue weighted by Gasteiger charge is -2.14. The summed E-state index contributed by atoms with van der Waals surface area (Å²) in [7, 11) is 0. The summed E-state index contributed by atoms with van der Waals surface area (Å²) in [6, 6.07) is 4.23. The number of fused-ring (bicyclic) bond motifs is 1. The van der Waals surface area contributed by atoms with Crippen LogP contribution in [0.2, 0.25) is 0 Å². The highest BCUT2D eigenvalue weighted by Crippen LogP contribution is 2.35. The maximum absolute atomic E-state index is 13.7. The number of halogens is 1. The van der Waals surface area contributed by atoms with E-state index in [1.165, 1.54) is 25.0 Å². The Morgan fingerprint density at radius 2 is 2.03 bits per heavy atom. The summed E-state index contributed by atoms with van der Waals surface area (Å²) in [5.41, 5.74) is 4.66. The molecule has 0 saturated carbocycles.